The quantitative estimate of drug-likeness (QED) is 0.267. The maximum absolute atomic E-state index is 13.4. The van der Waals surface area contributed by atoms with Gasteiger partial charge in [0.15, 0.2) is 0 Å². The third kappa shape index (κ3) is 8.89. The molecule has 1 aliphatic rings. The lowest BCUT2D eigenvalue weighted by atomic mass is 9.96. The lowest BCUT2D eigenvalue weighted by Gasteiger charge is -2.34. The Kier molecular flexibility index (Phi) is 10.5. The molecule has 0 saturated heterocycles. The van der Waals surface area contributed by atoms with Crippen molar-refractivity contribution in [3.05, 3.63) is 59.4 Å². The van der Waals surface area contributed by atoms with Crippen LogP contribution in [0.5, 0.6) is 5.88 Å². The number of likely N-dealkylation sites (N-methyl/N-ethyl adjacent to an activating group) is 1. The highest BCUT2D eigenvalue weighted by Crippen LogP contribution is 2.33. The summed E-state index contributed by atoms with van der Waals surface area (Å²) >= 11 is 0. The summed E-state index contributed by atoms with van der Waals surface area (Å²) in [6.07, 6.45) is 2.75. The highest BCUT2D eigenvalue weighted by Gasteiger charge is 2.35. The van der Waals surface area contributed by atoms with E-state index in [0.29, 0.717) is 37.2 Å². The second-order valence-corrected chi connectivity index (χ2v) is 13.3. The van der Waals surface area contributed by atoms with E-state index in [9.17, 15) is 14.4 Å². The number of esters is 1. The number of aromatic nitrogens is 2. The van der Waals surface area contributed by atoms with Crippen LogP contribution in [0.2, 0.25) is 0 Å². The molecule has 9 heteroatoms. The number of hydrogen-bond donors (Lipinski definition) is 0. The molecular weight excluding hydrogens is 532 g/mol. The first-order chi connectivity index (χ1) is 19.6. The molecule has 2 amide bonds. The minimum atomic E-state index is -0.622. The number of carbonyl (C=O) groups is 3. The van der Waals surface area contributed by atoms with Crippen molar-refractivity contribution in [2.45, 2.75) is 86.0 Å². The summed E-state index contributed by atoms with van der Waals surface area (Å²) in [6, 6.07) is 11.5. The average Bonchev–Trinajstić information content (AvgIpc) is 3.19. The van der Waals surface area contributed by atoms with Gasteiger partial charge in [0, 0.05) is 48.5 Å². The standard InChI is InChI=1S/C28H34N4O5.C5H12/c1-28(2,3)37-26(34)12-13-31(18-33)27(35)23-14-21-20-8-6-7-9-22(20)32(24(21)17-30(23)4)16-19-10-11-25(36-5)29-15-19;1-5(2,3)4/h6-11,15,18,23H,12-14,16-17H2,1-5H3;1-4H3. The summed E-state index contributed by atoms with van der Waals surface area (Å²) in [5, 5.41) is 1.09. The van der Waals surface area contributed by atoms with Crippen molar-refractivity contribution in [1.29, 1.82) is 0 Å². The first kappa shape index (κ1) is 32.8. The molecule has 0 bridgehead atoms. The third-order valence-corrected chi connectivity index (χ3v) is 6.54. The van der Waals surface area contributed by atoms with Crippen molar-refractivity contribution in [3.63, 3.8) is 0 Å². The normalized spacial score (nSPS) is 15.3. The zero-order valence-electron chi connectivity index (χ0n) is 26.6. The summed E-state index contributed by atoms with van der Waals surface area (Å²) in [5.41, 5.74) is 4.24. The molecule has 1 aromatic carbocycles. The van der Waals surface area contributed by atoms with Gasteiger partial charge in [0.2, 0.25) is 18.2 Å². The van der Waals surface area contributed by atoms with Gasteiger partial charge >= 0.3 is 5.97 Å². The number of benzene rings is 1. The van der Waals surface area contributed by atoms with E-state index in [0.717, 1.165) is 32.6 Å². The molecule has 1 atom stereocenters. The molecule has 3 aromatic rings. The highest BCUT2D eigenvalue weighted by atomic mass is 16.6. The molecule has 0 aliphatic carbocycles. The van der Waals surface area contributed by atoms with E-state index in [1.807, 2.05) is 42.4 Å². The molecule has 0 radical (unpaired) electrons. The van der Waals surface area contributed by atoms with Crippen molar-refractivity contribution in [3.8, 4) is 5.88 Å². The van der Waals surface area contributed by atoms with Crippen molar-refractivity contribution < 1.29 is 23.9 Å². The van der Waals surface area contributed by atoms with Gasteiger partial charge in [-0.05, 0) is 56.8 Å². The Labute approximate surface area is 249 Å². The van der Waals surface area contributed by atoms with Crippen LogP contribution < -0.4 is 4.74 Å². The van der Waals surface area contributed by atoms with Crippen molar-refractivity contribution >= 4 is 29.2 Å². The largest absolute Gasteiger partial charge is 0.481 e. The lowest BCUT2D eigenvalue weighted by Crippen LogP contribution is -2.50. The Balaban J connectivity index is 0.000000892. The molecule has 228 valence electrons. The second-order valence-electron chi connectivity index (χ2n) is 13.3. The number of carbonyl (C=O) groups excluding carboxylic acids is 3. The highest BCUT2D eigenvalue weighted by molar-refractivity contribution is 5.93. The zero-order chi connectivity index (χ0) is 31.2. The monoisotopic (exact) mass is 578 g/mol. The number of ether oxygens (including phenoxy) is 2. The minimum absolute atomic E-state index is 0.0132. The van der Waals surface area contributed by atoms with Crippen LogP contribution in [-0.2, 0) is 38.6 Å². The van der Waals surface area contributed by atoms with Crippen LogP contribution in [-0.4, -0.2) is 70.0 Å². The molecule has 0 saturated carbocycles. The molecule has 4 rings (SSSR count). The van der Waals surface area contributed by atoms with Crippen LogP contribution >= 0.6 is 0 Å². The average molecular weight is 579 g/mol. The first-order valence-electron chi connectivity index (χ1n) is 14.4. The number of methoxy groups -OCH3 is 1. The van der Waals surface area contributed by atoms with E-state index < -0.39 is 17.6 Å². The van der Waals surface area contributed by atoms with Gasteiger partial charge in [0.1, 0.15) is 5.60 Å². The summed E-state index contributed by atoms with van der Waals surface area (Å²) in [5.74, 6) is -0.193. The first-order valence-corrected chi connectivity index (χ1v) is 14.4. The fraction of sp³-hybridized carbons (Fsp3) is 0.515. The van der Waals surface area contributed by atoms with Crippen molar-refractivity contribution in [2.75, 3.05) is 20.7 Å². The number of imide groups is 1. The van der Waals surface area contributed by atoms with E-state index in [1.54, 1.807) is 27.9 Å². The van der Waals surface area contributed by atoms with Gasteiger partial charge in [-0.15, -0.1) is 0 Å². The van der Waals surface area contributed by atoms with Crippen LogP contribution in [0, 0.1) is 5.41 Å². The second kappa shape index (κ2) is 13.5. The number of amides is 2. The van der Waals surface area contributed by atoms with E-state index in [-0.39, 0.29) is 18.9 Å². The van der Waals surface area contributed by atoms with E-state index in [1.165, 1.54) is 0 Å². The van der Waals surface area contributed by atoms with Gasteiger partial charge in [-0.2, -0.15) is 0 Å². The number of para-hydroxylation sites is 1. The van der Waals surface area contributed by atoms with Gasteiger partial charge in [0.25, 0.3) is 0 Å². The maximum atomic E-state index is 13.4. The van der Waals surface area contributed by atoms with Crippen LogP contribution in [0.15, 0.2) is 42.6 Å². The molecule has 0 spiro atoms. The van der Waals surface area contributed by atoms with Gasteiger partial charge in [-0.1, -0.05) is 52.0 Å². The molecule has 1 unspecified atom stereocenters. The molecule has 1 aliphatic heterocycles. The predicted molar refractivity (Wildman–Crippen MR) is 164 cm³/mol. The zero-order valence-corrected chi connectivity index (χ0v) is 26.6. The Morgan fingerprint density at radius 1 is 1.07 bits per heavy atom. The minimum Gasteiger partial charge on any atom is -0.481 e. The molecular formula is C33H46N4O5. The topological polar surface area (TPSA) is 94.0 Å². The van der Waals surface area contributed by atoms with Crippen LogP contribution in [0.3, 0.4) is 0 Å². The van der Waals surface area contributed by atoms with Crippen LogP contribution in [0.4, 0.5) is 0 Å². The molecule has 9 nitrogen and oxygen atoms in total. The van der Waals surface area contributed by atoms with Crippen LogP contribution in [0.1, 0.15) is 71.7 Å². The van der Waals surface area contributed by atoms with Gasteiger partial charge in [0.05, 0.1) is 19.6 Å². The third-order valence-electron chi connectivity index (χ3n) is 6.54. The molecule has 3 heterocycles. The number of hydrogen-bond acceptors (Lipinski definition) is 7. The fourth-order valence-electron chi connectivity index (χ4n) is 4.81. The van der Waals surface area contributed by atoms with Gasteiger partial charge in [-0.3, -0.25) is 24.2 Å². The summed E-state index contributed by atoms with van der Waals surface area (Å²) in [7, 11) is 3.48. The van der Waals surface area contributed by atoms with Gasteiger partial charge in [-0.25, -0.2) is 4.98 Å². The summed E-state index contributed by atoms with van der Waals surface area (Å²) in [6.45, 7) is 15.3. The van der Waals surface area contributed by atoms with E-state index >= 15 is 0 Å². The predicted octanol–water partition coefficient (Wildman–Crippen LogP) is 5.22. The number of nitrogens with zero attached hydrogens (tertiary/aromatic N) is 4. The maximum Gasteiger partial charge on any atom is 0.308 e. The van der Waals surface area contributed by atoms with Crippen LogP contribution in [0.25, 0.3) is 10.9 Å². The molecule has 0 N–H and O–H groups in total. The van der Waals surface area contributed by atoms with E-state index in [4.69, 9.17) is 9.47 Å². The molecule has 42 heavy (non-hydrogen) atoms. The Morgan fingerprint density at radius 3 is 2.31 bits per heavy atom. The summed E-state index contributed by atoms with van der Waals surface area (Å²) in [4.78, 5) is 44.8. The molecule has 0 fully saturated rings. The van der Waals surface area contributed by atoms with Gasteiger partial charge < -0.3 is 14.0 Å². The van der Waals surface area contributed by atoms with Crippen molar-refractivity contribution in [2.24, 2.45) is 5.41 Å². The molecule has 2 aromatic heterocycles. The van der Waals surface area contributed by atoms with Crippen molar-refractivity contribution in [1.82, 2.24) is 19.4 Å². The number of rotatable bonds is 8. The Hall–Kier alpha value is -3.72. The fourth-order valence-corrected chi connectivity index (χ4v) is 4.81. The number of fused-ring (bicyclic) bond motifs is 3. The summed E-state index contributed by atoms with van der Waals surface area (Å²) < 4.78 is 12.8. The lowest BCUT2D eigenvalue weighted by molar-refractivity contribution is -0.155. The SMILES string of the molecule is CC(C)(C)C.COc1ccc(Cn2c3c(c4ccccc42)CC(C(=O)N(C=O)CCC(=O)OC(C)(C)C)N(C)C3)cn1. The van der Waals surface area contributed by atoms with E-state index in [2.05, 4.69) is 49.4 Å². The smallest absolute Gasteiger partial charge is 0.308 e. The Bertz CT molecular complexity index is 1380. The number of pyridine rings is 1. The Morgan fingerprint density at radius 2 is 1.74 bits per heavy atom.